The molecule has 16 heavy (non-hydrogen) atoms. The van der Waals surface area contributed by atoms with Crippen LogP contribution in [0.3, 0.4) is 0 Å². The third kappa shape index (κ3) is 2.33. The van der Waals surface area contributed by atoms with Gasteiger partial charge in [-0.2, -0.15) is 0 Å². The molecule has 0 aromatic carbocycles. The van der Waals surface area contributed by atoms with Gasteiger partial charge in [-0.15, -0.1) is 0 Å². The van der Waals surface area contributed by atoms with Gasteiger partial charge in [0.1, 0.15) is 0 Å². The first-order valence-corrected chi connectivity index (χ1v) is 6.71. The van der Waals surface area contributed by atoms with E-state index in [1.165, 1.54) is 25.7 Å². The van der Waals surface area contributed by atoms with Gasteiger partial charge in [0, 0.05) is 12.6 Å². The second-order valence-electron chi connectivity index (χ2n) is 5.56. The fourth-order valence-corrected chi connectivity index (χ4v) is 3.78. The molecule has 1 N–H and O–H groups in total. The lowest BCUT2D eigenvalue weighted by molar-refractivity contribution is 0.0478. The number of likely N-dealkylation sites (N-methyl/N-ethyl adjacent to an activating group) is 1. The molecule has 2 aliphatic carbocycles. The van der Waals surface area contributed by atoms with Crippen molar-refractivity contribution >= 4 is 0 Å². The van der Waals surface area contributed by atoms with Crippen LogP contribution in [-0.4, -0.2) is 36.2 Å². The van der Waals surface area contributed by atoms with E-state index in [0.29, 0.717) is 12.0 Å². The highest BCUT2D eigenvalue weighted by atomic mass is 16.3. The maximum Gasteiger partial charge on any atom is 0.0558 e. The maximum absolute atomic E-state index is 9.07. The molecule has 0 bridgehead atoms. The highest BCUT2D eigenvalue weighted by Gasteiger charge is 2.38. The summed E-state index contributed by atoms with van der Waals surface area (Å²) in [7, 11) is 2.17. The summed E-state index contributed by atoms with van der Waals surface area (Å²) in [5.74, 6) is 2.42. The highest BCUT2D eigenvalue weighted by molar-refractivity contribution is 5.04. The minimum absolute atomic E-state index is 0.286. The first-order valence-electron chi connectivity index (χ1n) is 6.71. The monoisotopic (exact) mass is 223 g/mol. The van der Waals surface area contributed by atoms with Crippen LogP contribution in [0.1, 0.15) is 32.6 Å². The van der Waals surface area contributed by atoms with Crippen molar-refractivity contribution in [3.63, 3.8) is 0 Å². The summed E-state index contributed by atoms with van der Waals surface area (Å²) in [6, 6.07) is 0.686. The van der Waals surface area contributed by atoms with E-state index in [1.807, 2.05) is 0 Å². The number of hydrogen-bond acceptors (Lipinski definition) is 2. The molecule has 0 aliphatic heterocycles. The summed E-state index contributed by atoms with van der Waals surface area (Å²) in [5, 5.41) is 9.07. The topological polar surface area (TPSA) is 23.5 Å². The lowest BCUT2D eigenvalue weighted by atomic mass is 9.66. The molecule has 0 aromatic heterocycles. The number of rotatable bonds is 3. The predicted molar refractivity (Wildman–Crippen MR) is 67.3 cm³/mol. The van der Waals surface area contributed by atoms with Crippen molar-refractivity contribution in [2.24, 2.45) is 17.8 Å². The smallest absolute Gasteiger partial charge is 0.0558 e. The van der Waals surface area contributed by atoms with Gasteiger partial charge in [-0.25, -0.2) is 0 Å². The summed E-state index contributed by atoms with van der Waals surface area (Å²) in [6.07, 6.45) is 10.1. The number of fused-ring (bicyclic) bond motifs is 1. The van der Waals surface area contributed by atoms with Gasteiger partial charge in [0.05, 0.1) is 6.61 Å². The fourth-order valence-electron chi connectivity index (χ4n) is 3.78. The molecule has 0 saturated heterocycles. The van der Waals surface area contributed by atoms with Gasteiger partial charge < -0.3 is 10.0 Å². The molecular formula is C14H25NO. The molecule has 1 saturated carbocycles. The van der Waals surface area contributed by atoms with Crippen LogP contribution in [0.5, 0.6) is 0 Å². The van der Waals surface area contributed by atoms with Crippen molar-refractivity contribution in [1.29, 1.82) is 0 Å². The van der Waals surface area contributed by atoms with E-state index < -0.39 is 0 Å². The Labute approximate surface area is 99.3 Å². The molecule has 0 aromatic rings. The van der Waals surface area contributed by atoms with Crippen LogP contribution in [0.25, 0.3) is 0 Å². The third-order valence-corrected chi connectivity index (χ3v) is 4.57. The molecule has 0 radical (unpaired) electrons. The van der Waals surface area contributed by atoms with Crippen LogP contribution in [0, 0.1) is 17.8 Å². The zero-order valence-electron chi connectivity index (χ0n) is 10.6. The Bertz CT molecular complexity index is 251. The Morgan fingerprint density at radius 2 is 2.19 bits per heavy atom. The van der Waals surface area contributed by atoms with Crippen molar-refractivity contribution in [3.8, 4) is 0 Å². The van der Waals surface area contributed by atoms with Gasteiger partial charge in [-0.3, -0.25) is 0 Å². The summed E-state index contributed by atoms with van der Waals surface area (Å²) >= 11 is 0. The number of aliphatic hydroxyl groups is 1. The standard InChI is InChI=1S/C14H25NO/c1-11-5-3-6-12-7-4-8-13(14(11)12)15(2)9-10-16/h3,5,11-14,16H,4,6-10H2,1-2H3/t11-,12-,13?,14-/m1/s1. The lowest BCUT2D eigenvalue weighted by Gasteiger charge is -2.46. The second kappa shape index (κ2) is 5.33. The van der Waals surface area contributed by atoms with E-state index in [2.05, 4.69) is 31.0 Å². The van der Waals surface area contributed by atoms with E-state index in [1.54, 1.807) is 0 Å². The Hall–Kier alpha value is -0.340. The van der Waals surface area contributed by atoms with Crippen LogP contribution in [-0.2, 0) is 0 Å². The number of aliphatic hydroxyl groups excluding tert-OH is 1. The van der Waals surface area contributed by atoms with Crippen LogP contribution in [0.4, 0.5) is 0 Å². The van der Waals surface area contributed by atoms with E-state index in [4.69, 9.17) is 5.11 Å². The van der Waals surface area contributed by atoms with E-state index in [-0.39, 0.29) is 6.61 Å². The summed E-state index contributed by atoms with van der Waals surface area (Å²) in [5.41, 5.74) is 0. The van der Waals surface area contributed by atoms with Crippen molar-refractivity contribution < 1.29 is 5.11 Å². The van der Waals surface area contributed by atoms with Crippen LogP contribution in [0.2, 0.25) is 0 Å². The lowest BCUT2D eigenvalue weighted by Crippen LogP contribution is -2.47. The Kier molecular flexibility index (Phi) is 4.04. The molecule has 92 valence electrons. The summed E-state index contributed by atoms with van der Waals surface area (Å²) in [4.78, 5) is 2.38. The zero-order chi connectivity index (χ0) is 11.5. The van der Waals surface area contributed by atoms with Gasteiger partial charge in [0.2, 0.25) is 0 Å². The van der Waals surface area contributed by atoms with E-state index >= 15 is 0 Å². The average Bonchev–Trinajstić information content (AvgIpc) is 2.29. The second-order valence-corrected chi connectivity index (χ2v) is 5.56. The van der Waals surface area contributed by atoms with Gasteiger partial charge in [-0.1, -0.05) is 25.5 Å². The van der Waals surface area contributed by atoms with Crippen molar-refractivity contribution in [2.75, 3.05) is 20.2 Å². The van der Waals surface area contributed by atoms with Crippen LogP contribution < -0.4 is 0 Å². The van der Waals surface area contributed by atoms with Crippen molar-refractivity contribution in [3.05, 3.63) is 12.2 Å². The third-order valence-electron chi connectivity index (χ3n) is 4.57. The number of hydrogen-bond donors (Lipinski definition) is 1. The quantitative estimate of drug-likeness (QED) is 0.742. The Morgan fingerprint density at radius 3 is 2.94 bits per heavy atom. The average molecular weight is 223 g/mol. The normalized spacial score (nSPS) is 38.8. The Balaban J connectivity index is 2.08. The first kappa shape index (κ1) is 12.1. The van der Waals surface area contributed by atoms with Gasteiger partial charge in [0.15, 0.2) is 0 Å². The van der Waals surface area contributed by atoms with Gasteiger partial charge in [0.25, 0.3) is 0 Å². The van der Waals surface area contributed by atoms with E-state index in [9.17, 15) is 0 Å². The zero-order valence-corrected chi connectivity index (χ0v) is 10.6. The largest absolute Gasteiger partial charge is 0.395 e. The van der Waals surface area contributed by atoms with E-state index in [0.717, 1.165) is 18.4 Å². The molecule has 0 amide bonds. The molecule has 2 rings (SSSR count). The van der Waals surface area contributed by atoms with Crippen molar-refractivity contribution in [1.82, 2.24) is 4.90 Å². The maximum atomic E-state index is 9.07. The SMILES string of the molecule is C[C@@H]1C=CC[C@@H]2CCCC(N(C)CCO)[C@@H]21. The molecule has 0 heterocycles. The fraction of sp³-hybridized carbons (Fsp3) is 0.857. The molecule has 2 heteroatoms. The minimum Gasteiger partial charge on any atom is -0.395 e. The summed E-state index contributed by atoms with van der Waals surface area (Å²) in [6.45, 7) is 3.47. The molecule has 1 fully saturated rings. The summed E-state index contributed by atoms with van der Waals surface area (Å²) < 4.78 is 0. The van der Waals surface area contributed by atoms with Gasteiger partial charge >= 0.3 is 0 Å². The molecule has 4 atom stereocenters. The molecule has 0 spiro atoms. The molecule has 1 unspecified atom stereocenters. The molecule has 2 nitrogen and oxygen atoms in total. The number of allylic oxidation sites excluding steroid dienone is 2. The predicted octanol–water partition coefficient (Wildman–Crippen LogP) is 2.29. The minimum atomic E-state index is 0.286. The first-order chi connectivity index (χ1) is 7.74. The molecular weight excluding hydrogens is 198 g/mol. The Morgan fingerprint density at radius 1 is 1.38 bits per heavy atom. The van der Waals surface area contributed by atoms with Crippen LogP contribution >= 0.6 is 0 Å². The van der Waals surface area contributed by atoms with Gasteiger partial charge in [-0.05, 0) is 44.1 Å². The van der Waals surface area contributed by atoms with Crippen molar-refractivity contribution in [2.45, 2.75) is 38.6 Å². The van der Waals surface area contributed by atoms with Crippen LogP contribution in [0.15, 0.2) is 12.2 Å². The molecule has 2 aliphatic rings. The highest BCUT2D eigenvalue weighted by Crippen LogP contribution is 2.42. The number of nitrogens with zero attached hydrogens (tertiary/aromatic N) is 1.